The standard InChI is InChI=1S/C19H14F2N2O2/c1-2-24-8-6-15-14-5-7-23-18(14)10-17(21)19(15)25-13-3-4-16(20)12(9-13)11-22/h3-10,23H,2H2,1H3/b8-6-. The second kappa shape index (κ2) is 7.05. The molecule has 0 spiro atoms. The summed E-state index contributed by atoms with van der Waals surface area (Å²) >= 11 is 0. The minimum Gasteiger partial charge on any atom is -0.501 e. The fraction of sp³-hybridized carbons (Fsp3) is 0.105. The van der Waals surface area contributed by atoms with Crippen LogP contribution in [0.5, 0.6) is 11.5 Å². The van der Waals surface area contributed by atoms with E-state index in [2.05, 4.69) is 4.98 Å². The highest BCUT2D eigenvalue weighted by Crippen LogP contribution is 2.35. The minimum atomic E-state index is -0.659. The number of rotatable bonds is 5. The van der Waals surface area contributed by atoms with E-state index in [-0.39, 0.29) is 17.1 Å². The molecule has 0 saturated carbocycles. The molecule has 0 unspecified atom stereocenters. The lowest BCUT2D eigenvalue weighted by molar-refractivity contribution is 0.272. The maximum Gasteiger partial charge on any atom is 0.171 e. The first-order chi connectivity index (χ1) is 12.1. The highest BCUT2D eigenvalue weighted by atomic mass is 19.1. The van der Waals surface area contributed by atoms with E-state index >= 15 is 0 Å². The zero-order chi connectivity index (χ0) is 17.8. The summed E-state index contributed by atoms with van der Waals surface area (Å²) < 4.78 is 38.8. The molecule has 25 heavy (non-hydrogen) atoms. The Morgan fingerprint density at radius 3 is 2.80 bits per heavy atom. The van der Waals surface area contributed by atoms with E-state index in [4.69, 9.17) is 14.7 Å². The highest BCUT2D eigenvalue weighted by Gasteiger charge is 2.16. The van der Waals surface area contributed by atoms with Crippen LogP contribution in [0.2, 0.25) is 0 Å². The normalized spacial score (nSPS) is 11.0. The smallest absolute Gasteiger partial charge is 0.171 e. The zero-order valence-corrected chi connectivity index (χ0v) is 13.3. The van der Waals surface area contributed by atoms with Crippen LogP contribution < -0.4 is 4.74 Å². The van der Waals surface area contributed by atoms with Crippen LogP contribution in [0, 0.1) is 23.0 Å². The van der Waals surface area contributed by atoms with Gasteiger partial charge in [0.1, 0.15) is 17.6 Å². The molecule has 0 atom stereocenters. The van der Waals surface area contributed by atoms with Crippen LogP contribution in [-0.2, 0) is 4.74 Å². The van der Waals surface area contributed by atoms with Gasteiger partial charge in [0.05, 0.1) is 18.4 Å². The average Bonchev–Trinajstić information content (AvgIpc) is 3.07. The molecule has 0 bridgehead atoms. The molecule has 0 fully saturated rings. The summed E-state index contributed by atoms with van der Waals surface area (Å²) in [4.78, 5) is 2.95. The van der Waals surface area contributed by atoms with Crippen molar-refractivity contribution in [2.45, 2.75) is 6.92 Å². The molecule has 6 heteroatoms. The van der Waals surface area contributed by atoms with Gasteiger partial charge in [-0.25, -0.2) is 8.78 Å². The number of ether oxygens (including phenoxy) is 2. The van der Waals surface area contributed by atoms with Crippen LogP contribution in [0.15, 0.2) is 42.8 Å². The Morgan fingerprint density at radius 2 is 2.04 bits per heavy atom. The topological polar surface area (TPSA) is 58.0 Å². The number of hydrogen-bond acceptors (Lipinski definition) is 3. The van der Waals surface area contributed by atoms with E-state index in [1.165, 1.54) is 24.5 Å². The first kappa shape index (κ1) is 16.5. The van der Waals surface area contributed by atoms with Crippen LogP contribution in [-0.4, -0.2) is 11.6 Å². The van der Waals surface area contributed by atoms with Gasteiger partial charge >= 0.3 is 0 Å². The highest BCUT2D eigenvalue weighted by molar-refractivity contribution is 5.91. The van der Waals surface area contributed by atoms with E-state index in [1.807, 2.05) is 6.92 Å². The lowest BCUT2D eigenvalue weighted by atomic mass is 10.1. The fourth-order valence-corrected chi connectivity index (χ4v) is 2.43. The molecule has 126 valence electrons. The number of halogens is 2. The number of nitrogens with zero attached hydrogens (tertiary/aromatic N) is 1. The van der Waals surface area contributed by atoms with Crippen molar-refractivity contribution in [3.05, 3.63) is 65.6 Å². The number of hydrogen-bond donors (Lipinski definition) is 1. The summed E-state index contributed by atoms with van der Waals surface area (Å²) in [5.41, 5.74) is 0.914. The van der Waals surface area contributed by atoms with Crippen LogP contribution in [0.4, 0.5) is 8.78 Å². The second-order valence-electron chi connectivity index (χ2n) is 5.15. The van der Waals surface area contributed by atoms with Crippen LogP contribution >= 0.6 is 0 Å². The van der Waals surface area contributed by atoms with Gasteiger partial charge in [-0.3, -0.25) is 0 Å². The summed E-state index contributed by atoms with van der Waals surface area (Å²) in [5.74, 6) is -1.11. The molecular formula is C19H14F2N2O2. The zero-order valence-electron chi connectivity index (χ0n) is 13.3. The molecule has 1 heterocycles. The van der Waals surface area contributed by atoms with Gasteiger partial charge < -0.3 is 14.5 Å². The Balaban J connectivity index is 2.10. The molecule has 0 aliphatic carbocycles. The number of aromatic amines is 1. The van der Waals surface area contributed by atoms with Gasteiger partial charge in [0.15, 0.2) is 11.6 Å². The van der Waals surface area contributed by atoms with Crippen molar-refractivity contribution < 1.29 is 18.3 Å². The summed E-state index contributed by atoms with van der Waals surface area (Å²) in [7, 11) is 0. The number of aromatic nitrogens is 1. The van der Waals surface area contributed by atoms with Gasteiger partial charge in [-0.1, -0.05) is 0 Å². The van der Waals surface area contributed by atoms with Gasteiger partial charge in [0.2, 0.25) is 0 Å². The number of nitriles is 1. The van der Waals surface area contributed by atoms with Crippen molar-refractivity contribution in [3.63, 3.8) is 0 Å². The van der Waals surface area contributed by atoms with Crippen LogP contribution in [0.25, 0.3) is 17.0 Å². The first-order valence-corrected chi connectivity index (χ1v) is 7.59. The lowest BCUT2D eigenvalue weighted by Gasteiger charge is -2.12. The number of benzene rings is 2. The number of H-pyrrole nitrogens is 1. The van der Waals surface area contributed by atoms with Crippen molar-refractivity contribution in [1.82, 2.24) is 4.98 Å². The fourth-order valence-electron chi connectivity index (χ4n) is 2.43. The monoisotopic (exact) mass is 340 g/mol. The molecule has 4 nitrogen and oxygen atoms in total. The van der Waals surface area contributed by atoms with E-state index in [9.17, 15) is 8.78 Å². The number of fused-ring (bicyclic) bond motifs is 1. The van der Waals surface area contributed by atoms with Crippen molar-refractivity contribution >= 4 is 17.0 Å². The lowest BCUT2D eigenvalue weighted by Crippen LogP contribution is -1.95. The molecule has 1 aromatic heterocycles. The summed E-state index contributed by atoms with van der Waals surface area (Å²) in [6, 6.07) is 8.51. The molecule has 2 aromatic carbocycles. The Morgan fingerprint density at radius 1 is 1.20 bits per heavy atom. The third kappa shape index (κ3) is 3.31. The van der Waals surface area contributed by atoms with Gasteiger partial charge in [0.25, 0.3) is 0 Å². The first-order valence-electron chi connectivity index (χ1n) is 7.59. The Labute approximate surface area is 142 Å². The molecular weight excluding hydrogens is 326 g/mol. The SMILES string of the molecule is CCO/C=C\c1c(Oc2ccc(F)c(C#N)c2)c(F)cc2[nH]ccc12. The van der Waals surface area contributed by atoms with E-state index < -0.39 is 11.6 Å². The molecule has 1 N–H and O–H groups in total. The van der Waals surface area contributed by atoms with E-state index in [1.54, 1.807) is 24.4 Å². The second-order valence-corrected chi connectivity index (χ2v) is 5.15. The van der Waals surface area contributed by atoms with Gasteiger partial charge in [-0.15, -0.1) is 0 Å². The van der Waals surface area contributed by atoms with Crippen molar-refractivity contribution in [2.24, 2.45) is 0 Å². The largest absolute Gasteiger partial charge is 0.501 e. The molecule has 0 aliphatic heterocycles. The van der Waals surface area contributed by atoms with E-state index in [0.717, 1.165) is 11.5 Å². The van der Waals surface area contributed by atoms with Gasteiger partial charge in [0, 0.05) is 34.8 Å². The predicted molar refractivity (Wildman–Crippen MR) is 90.1 cm³/mol. The summed E-state index contributed by atoms with van der Waals surface area (Å²) in [6.07, 6.45) is 4.75. The Kier molecular flexibility index (Phi) is 4.66. The number of nitrogens with one attached hydrogen (secondary N) is 1. The average molecular weight is 340 g/mol. The van der Waals surface area contributed by atoms with Crippen molar-refractivity contribution in [3.8, 4) is 17.6 Å². The third-order valence-electron chi connectivity index (χ3n) is 3.58. The Hall–Kier alpha value is -3.33. The summed E-state index contributed by atoms with van der Waals surface area (Å²) in [5, 5.41) is 9.67. The van der Waals surface area contributed by atoms with Gasteiger partial charge in [-0.2, -0.15) is 5.26 Å². The molecule has 3 aromatic rings. The predicted octanol–water partition coefficient (Wildman–Crippen LogP) is 5.12. The van der Waals surface area contributed by atoms with Crippen LogP contribution in [0.1, 0.15) is 18.1 Å². The van der Waals surface area contributed by atoms with Crippen LogP contribution in [0.3, 0.4) is 0 Å². The molecule has 0 saturated heterocycles. The molecule has 0 amide bonds. The quantitative estimate of drug-likeness (QED) is 0.656. The molecule has 0 radical (unpaired) electrons. The third-order valence-corrected chi connectivity index (χ3v) is 3.58. The minimum absolute atomic E-state index is 0.0291. The summed E-state index contributed by atoms with van der Waals surface area (Å²) in [6.45, 7) is 2.31. The van der Waals surface area contributed by atoms with Crippen molar-refractivity contribution in [2.75, 3.05) is 6.61 Å². The maximum absolute atomic E-state index is 14.6. The van der Waals surface area contributed by atoms with Crippen molar-refractivity contribution in [1.29, 1.82) is 5.26 Å². The maximum atomic E-state index is 14.6. The van der Waals surface area contributed by atoms with Gasteiger partial charge in [-0.05, 0) is 31.2 Å². The Bertz CT molecular complexity index is 987. The molecule has 3 rings (SSSR count). The molecule has 0 aliphatic rings. The van der Waals surface area contributed by atoms with E-state index in [0.29, 0.717) is 17.7 Å².